The predicted molar refractivity (Wildman–Crippen MR) is 102 cm³/mol. The maximum absolute atomic E-state index is 12.4. The topological polar surface area (TPSA) is 120 Å². The van der Waals surface area contributed by atoms with Crippen LogP contribution in [-0.2, 0) is 28.6 Å². The molecule has 0 radical (unpaired) electrons. The first-order chi connectivity index (χ1) is 12.6. The molecule has 9 nitrogen and oxygen atoms in total. The van der Waals surface area contributed by atoms with E-state index in [-0.39, 0.29) is 19.3 Å². The first kappa shape index (κ1) is 25.7. The van der Waals surface area contributed by atoms with Crippen LogP contribution >= 0.6 is 0 Å². The fourth-order valence-electron chi connectivity index (χ4n) is 2.08. The average molecular weight is 402 g/mol. The van der Waals surface area contributed by atoms with Crippen molar-refractivity contribution in [2.45, 2.75) is 91.0 Å². The molecule has 28 heavy (non-hydrogen) atoms. The summed E-state index contributed by atoms with van der Waals surface area (Å²) in [6.07, 6.45) is -0.0687. The SMILES string of the molecule is COC(=O)CC(C)NC(=O)N[C@@H](CCC(=O)OC(C)(C)C)C(=O)OC(C)(C)C. The van der Waals surface area contributed by atoms with Gasteiger partial charge >= 0.3 is 23.9 Å². The second-order valence-electron chi connectivity index (χ2n) is 8.51. The van der Waals surface area contributed by atoms with Crippen molar-refractivity contribution in [1.82, 2.24) is 10.6 Å². The average Bonchev–Trinajstić information content (AvgIpc) is 2.47. The van der Waals surface area contributed by atoms with Crippen LogP contribution in [0.3, 0.4) is 0 Å². The summed E-state index contributed by atoms with van der Waals surface area (Å²) in [4.78, 5) is 47.8. The Morgan fingerprint density at radius 3 is 1.86 bits per heavy atom. The van der Waals surface area contributed by atoms with Crippen molar-refractivity contribution in [2.75, 3.05) is 7.11 Å². The third-order valence-electron chi connectivity index (χ3n) is 3.13. The fraction of sp³-hybridized carbons (Fsp3) is 0.789. The number of hydrogen-bond acceptors (Lipinski definition) is 7. The van der Waals surface area contributed by atoms with Crippen LogP contribution in [0.1, 0.15) is 67.7 Å². The Morgan fingerprint density at radius 1 is 0.857 bits per heavy atom. The number of rotatable bonds is 8. The number of carbonyl (C=O) groups is 4. The zero-order valence-corrected chi connectivity index (χ0v) is 18.1. The molecule has 0 heterocycles. The minimum Gasteiger partial charge on any atom is -0.469 e. The zero-order chi connectivity index (χ0) is 22.1. The van der Waals surface area contributed by atoms with E-state index in [0.717, 1.165) is 0 Å². The maximum atomic E-state index is 12.4. The van der Waals surface area contributed by atoms with E-state index in [4.69, 9.17) is 9.47 Å². The van der Waals surface area contributed by atoms with Gasteiger partial charge in [0, 0.05) is 12.5 Å². The molecule has 2 atom stereocenters. The maximum Gasteiger partial charge on any atom is 0.329 e. The Kier molecular flexibility index (Phi) is 9.97. The van der Waals surface area contributed by atoms with Gasteiger partial charge in [-0.3, -0.25) is 9.59 Å². The summed E-state index contributed by atoms with van der Waals surface area (Å²) < 4.78 is 15.1. The Morgan fingerprint density at radius 2 is 1.39 bits per heavy atom. The molecule has 2 N–H and O–H groups in total. The molecule has 162 valence electrons. The summed E-state index contributed by atoms with van der Waals surface area (Å²) in [5.74, 6) is -1.62. The summed E-state index contributed by atoms with van der Waals surface area (Å²) in [5.41, 5.74) is -1.40. The van der Waals surface area contributed by atoms with E-state index in [9.17, 15) is 19.2 Å². The molecule has 0 spiro atoms. The minimum atomic E-state index is -1.04. The van der Waals surface area contributed by atoms with Crippen LogP contribution in [0, 0.1) is 0 Å². The van der Waals surface area contributed by atoms with Gasteiger partial charge in [-0.2, -0.15) is 0 Å². The third-order valence-corrected chi connectivity index (χ3v) is 3.13. The number of nitrogens with one attached hydrogen (secondary N) is 2. The monoisotopic (exact) mass is 402 g/mol. The molecule has 0 bridgehead atoms. The van der Waals surface area contributed by atoms with Crippen LogP contribution in [0.5, 0.6) is 0 Å². The van der Waals surface area contributed by atoms with Gasteiger partial charge in [-0.25, -0.2) is 9.59 Å². The summed E-state index contributed by atoms with van der Waals surface area (Å²) in [5, 5.41) is 5.04. The summed E-state index contributed by atoms with van der Waals surface area (Å²) in [6, 6.07) is -2.20. The molecule has 0 saturated heterocycles. The van der Waals surface area contributed by atoms with Crippen molar-refractivity contribution in [1.29, 1.82) is 0 Å². The number of ether oxygens (including phenoxy) is 3. The van der Waals surface area contributed by atoms with Crippen molar-refractivity contribution in [2.24, 2.45) is 0 Å². The lowest BCUT2D eigenvalue weighted by Crippen LogP contribution is -2.50. The summed E-state index contributed by atoms with van der Waals surface area (Å²) in [7, 11) is 1.25. The number of urea groups is 1. The molecule has 0 aromatic carbocycles. The van der Waals surface area contributed by atoms with Gasteiger partial charge in [0.15, 0.2) is 0 Å². The largest absolute Gasteiger partial charge is 0.469 e. The lowest BCUT2D eigenvalue weighted by Gasteiger charge is -2.25. The molecule has 0 aromatic heterocycles. The Bertz CT molecular complexity index is 562. The minimum absolute atomic E-state index is 0.0149. The Balaban J connectivity index is 4.93. The van der Waals surface area contributed by atoms with Crippen molar-refractivity contribution < 1.29 is 33.4 Å². The normalized spacial score (nSPS) is 13.7. The molecule has 1 unspecified atom stereocenters. The van der Waals surface area contributed by atoms with Crippen LogP contribution in [-0.4, -0.2) is 54.3 Å². The van der Waals surface area contributed by atoms with Crippen LogP contribution in [0.25, 0.3) is 0 Å². The van der Waals surface area contributed by atoms with E-state index in [2.05, 4.69) is 15.4 Å². The highest BCUT2D eigenvalue weighted by Gasteiger charge is 2.28. The number of esters is 3. The smallest absolute Gasteiger partial charge is 0.329 e. The van der Waals surface area contributed by atoms with E-state index in [1.165, 1.54) is 7.11 Å². The van der Waals surface area contributed by atoms with Gasteiger partial charge in [-0.05, 0) is 54.9 Å². The summed E-state index contributed by atoms with van der Waals surface area (Å²) >= 11 is 0. The number of carbonyl (C=O) groups excluding carboxylic acids is 4. The quantitative estimate of drug-likeness (QED) is 0.471. The first-order valence-corrected chi connectivity index (χ1v) is 9.21. The highest BCUT2D eigenvalue weighted by molar-refractivity contribution is 5.84. The highest BCUT2D eigenvalue weighted by atomic mass is 16.6. The molecule has 0 aliphatic carbocycles. The van der Waals surface area contributed by atoms with Crippen molar-refractivity contribution in [3.05, 3.63) is 0 Å². The molecule has 9 heteroatoms. The molecular formula is C19H34N2O7. The molecule has 0 aliphatic heterocycles. The van der Waals surface area contributed by atoms with Gasteiger partial charge in [0.25, 0.3) is 0 Å². The van der Waals surface area contributed by atoms with Gasteiger partial charge < -0.3 is 24.8 Å². The van der Waals surface area contributed by atoms with Crippen LogP contribution in [0.4, 0.5) is 4.79 Å². The van der Waals surface area contributed by atoms with Crippen LogP contribution in [0.2, 0.25) is 0 Å². The van der Waals surface area contributed by atoms with Gasteiger partial charge in [0.1, 0.15) is 17.2 Å². The number of hydrogen-bond donors (Lipinski definition) is 2. The van der Waals surface area contributed by atoms with Crippen LogP contribution < -0.4 is 10.6 Å². The lowest BCUT2D eigenvalue weighted by molar-refractivity contribution is -0.158. The molecule has 0 fully saturated rings. The van der Waals surface area contributed by atoms with E-state index in [0.29, 0.717) is 0 Å². The summed E-state index contributed by atoms with van der Waals surface area (Å²) in [6.45, 7) is 12.0. The zero-order valence-electron chi connectivity index (χ0n) is 18.1. The standard InChI is InChI=1S/C19H34N2O7/c1-12(11-15(23)26-8)20-17(25)21-13(16(24)28-19(5,6)7)9-10-14(22)27-18(2,3)4/h12-13H,9-11H2,1-8H3,(H2,20,21,25)/t12?,13-/m0/s1. The highest BCUT2D eigenvalue weighted by Crippen LogP contribution is 2.13. The van der Waals surface area contributed by atoms with Crippen molar-refractivity contribution >= 4 is 23.9 Å². The second-order valence-corrected chi connectivity index (χ2v) is 8.51. The third kappa shape index (κ3) is 12.9. The molecule has 0 aliphatic rings. The number of methoxy groups -OCH3 is 1. The predicted octanol–water partition coefficient (Wildman–Crippen LogP) is 2.07. The van der Waals surface area contributed by atoms with E-state index in [1.807, 2.05) is 0 Å². The fourth-order valence-corrected chi connectivity index (χ4v) is 2.08. The molecule has 2 amide bonds. The number of amides is 2. The van der Waals surface area contributed by atoms with Crippen molar-refractivity contribution in [3.8, 4) is 0 Å². The van der Waals surface area contributed by atoms with Gasteiger partial charge in [0.2, 0.25) is 0 Å². The Hall–Kier alpha value is -2.32. The van der Waals surface area contributed by atoms with E-state index < -0.39 is 47.2 Å². The molecule has 0 rings (SSSR count). The van der Waals surface area contributed by atoms with E-state index >= 15 is 0 Å². The molecule has 0 saturated carbocycles. The second kappa shape index (κ2) is 10.9. The lowest BCUT2D eigenvalue weighted by atomic mass is 10.1. The van der Waals surface area contributed by atoms with Gasteiger partial charge in [0.05, 0.1) is 13.5 Å². The van der Waals surface area contributed by atoms with Gasteiger partial charge in [-0.1, -0.05) is 0 Å². The molecular weight excluding hydrogens is 368 g/mol. The molecule has 0 aromatic rings. The van der Waals surface area contributed by atoms with E-state index in [1.54, 1.807) is 48.5 Å². The van der Waals surface area contributed by atoms with Crippen LogP contribution in [0.15, 0.2) is 0 Å². The Labute approximate surface area is 166 Å². The first-order valence-electron chi connectivity index (χ1n) is 9.21. The van der Waals surface area contributed by atoms with Crippen molar-refractivity contribution in [3.63, 3.8) is 0 Å². The van der Waals surface area contributed by atoms with Gasteiger partial charge in [-0.15, -0.1) is 0 Å².